The molecule has 2 aliphatic rings. The molecule has 2 aliphatic heterocycles. The Balaban J connectivity index is 1.31. The van der Waals surface area contributed by atoms with E-state index in [9.17, 15) is 4.79 Å². The number of nitriles is 1. The summed E-state index contributed by atoms with van der Waals surface area (Å²) in [6.07, 6.45) is 5.49. The lowest BCUT2D eigenvalue weighted by atomic mass is 10.1. The Kier molecular flexibility index (Phi) is 5.92. The van der Waals surface area contributed by atoms with Crippen molar-refractivity contribution < 1.29 is 9.53 Å². The normalized spacial score (nSPS) is 16.9. The van der Waals surface area contributed by atoms with Gasteiger partial charge in [-0.1, -0.05) is 18.2 Å². The van der Waals surface area contributed by atoms with Gasteiger partial charge in [-0.25, -0.2) is 0 Å². The van der Waals surface area contributed by atoms with Crippen LogP contribution in [0.2, 0.25) is 0 Å². The van der Waals surface area contributed by atoms with Gasteiger partial charge in [0, 0.05) is 45.2 Å². The molecule has 1 fully saturated rings. The molecule has 0 radical (unpaired) electrons. The maximum absolute atomic E-state index is 12.7. The number of hydrogen-bond donors (Lipinski definition) is 0. The Labute approximate surface area is 171 Å². The second kappa shape index (κ2) is 8.93. The maximum atomic E-state index is 12.7. The van der Waals surface area contributed by atoms with Crippen molar-refractivity contribution in [3.63, 3.8) is 0 Å². The number of ether oxygens (including phenoxy) is 1. The predicted molar refractivity (Wildman–Crippen MR) is 112 cm³/mol. The Morgan fingerprint density at radius 3 is 2.79 bits per heavy atom. The van der Waals surface area contributed by atoms with E-state index in [0.29, 0.717) is 5.56 Å². The molecule has 0 aliphatic carbocycles. The van der Waals surface area contributed by atoms with Crippen LogP contribution in [0.25, 0.3) is 6.08 Å². The zero-order valence-electron chi connectivity index (χ0n) is 16.5. The van der Waals surface area contributed by atoms with E-state index in [1.54, 1.807) is 6.08 Å². The van der Waals surface area contributed by atoms with Crippen molar-refractivity contribution in [2.75, 3.05) is 32.8 Å². The highest BCUT2D eigenvalue weighted by Gasteiger charge is 2.18. The van der Waals surface area contributed by atoms with Gasteiger partial charge < -0.3 is 9.64 Å². The van der Waals surface area contributed by atoms with Crippen LogP contribution >= 0.6 is 0 Å². The second-order valence-corrected chi connectivity index (χ2v) is 7.56. The van der Waals surface area contributed by atoms with Crippen molar-refractivity contribution in [3.05, 3.63) is 70.8 Å². The summed E-state index contributed by atoms with van der Waals surface area (Å²) in [6.45, 7) is 4.94. The molecule has 148 valence electrons. The number of rotatable bonds is 4. The molecule has 0 spiro atoms. The number of benzene rings is 2. The summed E-state index contributed by atoms with van der Waals surface area (Å²) in [4.78, 5) is 17.0. The minimum Gasteiger partial charge on any atom is -0.493 e. The molecular formula is C24H25N3O2. The van der Waals surface area contributed by atoms with Crippen molar-refractivity contribution in [2.24, 2.45) is 0 Å². The van der Waals surface area contributed by atoms with Gasteiger partial charge in [0.25, 0.3) is 0 Å². The molecule has 2 heterocycles. The van der Waals surface area contributed by atoms with Crippen LogP contribution in [0.4, 0.5) is 0 Å². The van der Waals surface area contributed by atoms with Crippen molar-refractivity contribution in [1.29, 1.82) is 5.26 Å². The molecule has 0 saturated carbocycles. The molecule has 0 bridgehead atoms. The van der Waals surface area contributed by atoms with E-state index in [1.807, 2.05) is 47.4 Å². The summed E-state index contributed by atoms with van der Waals surface area (Å²) in [5.41, 5.74) is 4.14. The number of carbonyl (C=O) groups is 1. The van der Waals surface area contributed by atoms with Crippen molar-refractivity contribution in [1.82, 2.24) is 9.80 Å². The smallest absolute Gasteiger partial charge is 0.246 e. The molecule has 2 aromatic rings. The van der Waals surface area contributed by atoms with Crippen LogP contribution in [-0.4, -0.2) is 48.5 Å². The zero-order chi connectivity index (χ0) is 20.1. The summed E-state index contributed by atoms with van der Waals surface area (Å²) in [6, 6.07) is 16.0. The van der Waals surface area contributed by atoms with Gasteiger partial charge in [-0.15, -0.1) is 0 Å². The number of hydrogen-bond acceptors (Lipinski definition) is 4. The summed E-state index contributed by atoms with van der Waals surface area (Å²) in [5, 5.41) is 8.92. The molecule has 29 heavy (non-hydrogen) atoms. The van der Waals surface area contributed by atoms with Gasteiger partial charge in [0.2, 0.25) is 5.91 Å². The lowest BCUT2D eigenvalue weighted by Crippen LogP contribution is -2.34. The third-order valence-corrected chi connectivity index (χ3v) is 5.52. The monoisotopic (exact) mass is 387 g/mol. The van der Waals surface area contributed by atoms with Crippen LogP contribution in [0.15, 0.2) is 48.5 Å². The Morgan fingerprint density at radius 2 is 1.97 bits per heavy atom. The van der Waals surface area contributed by atoms with Crippen molar-refractivity contribution in [3.8, 4) is 11.8 Å². The van der Waals surface area contributed by atoms with Gasteiger partial charge in [0.1, 0.15) is 5.75 Å². The lowest BCUT2D eigenvalue weighted by Gasteiger charge is -2.21. The van der Waals surface area contributed by atoms with Gasteiger partial charge in [0.05, 0.1) is 18.2 Å². The molecule has 0 aromatic heterocycles. The highest BCUT2D eigenvalue weighted by atomic mass is 16.5. The number of amides is 1. The molecule has 2 aromatic carbocycles. The molecule has 0 unspecified atom stereocenters. The topological polar surface area (TPSA) is 56.6 Å². The van der Waals surface area contributed by atoms with E-state index in [-0.39, 0.29) is 5.91 Å². The first-order valence-electron chi connectivity index (χ1n) is 10.2. The first-order valence-corrected chi connectivity index (χ1v) is 10.2. The highest BCUT2D eigenvalue weighted by Crippen LogP contribution is 2.26. The van der Waals surface area contributed by atoms with E-state index in [4.69, 9.17) is 10.00 Å². The zero-order valence-corrected chi connectivity index (χ0v) is 16.5. The van der Waals surface area contributed by atoms with E-state index >= 15 is 0 Å². The standard InChI is InChI=1S/C24H25N3O2/c25-17-20-2-4-21(5-3-20)18-26-11-1-12-27(14-13-26)24(28)9-7-19-6-8-23-22(16-19)10-15-29-23/h2-9,16H,1,10-15,18H2/b9-7+. The van der Waals surface area contributed by atoms with E-state index < -0.39 is 0 Å². The summed E-state index contributed by atoms with van der Waals surface area (Å²) in [7, 11) is 0. The van der Waals surface area contributed by atoms with Gasteiger partial charge >= 0.3 is 0 Å². The largest absolute Gasteiger partial charge is 0.493 e. The minimum atomic E-state index is 0.0713. The van der Waals surface area contributed by atoms with Gasteiger partial charge in [0.15, 0.2) is 0 Å². The molecule has 1 amide bonds. The Morgan fingerprint density at radius 1 is 1.10 bits per heavy atom. The molecule has 0 N–H and O–H groups in total. The number of carbonyl (C=O) groups excluding carboxylic acids is 1. The Hall–Kier alpha value is -3.10. The molecular weight excluding hydrogens is 362 g/mol. The fraction of sp³-hybridized carbons (Fsp3) is 0.333. The summed E-state index contributed by atoms with van der Waals surface area (Å²) < 4.78 is 5.53. The number of fused-ring (bicyclic) bond motifs is 1. The number of nitrogens with zero attached hydrogens (tertiary/aromatic N) is 3. The average Bonchev–Trinajstić information content (AvgIpc) is 3.10. The van der Waals surface area contributed by atoms with Crippen LogP contribution in [0.1, 0.15) is 28.7 Å². The molecule has 0 atom stereocenters. The second-order valence-electron chi connectivity index (χ2n) is 7.56. The quantitative estimate of drug-likeness (QED) is 0.756. The molecule has 1 saturated heterocycles. The van der Waals surface area contributed by atoms with Gasteiger partial charge in [-0.05, 0) is 53.5 Å². The van der Waals surface area contributed by atoms with E-state index in [0.717, 1.165) is 63.5 Å². The van der Waals surface area contributed by atoms with Crippen LogP contribution in [0.5, 0.6) is 5.75 Å². The fourth-order valence-corrected chi connectivity index (χ4v) is 3.88. The third-order valence-electron chi connectivity index (χ3n) is 5.52. The van der Waals surface area contributed by atoms with Crippen LogP contribution in [-0.2, 0) is 17.8 Å². The predicted octanol–water partition coefficient (Wildman–Crippen LogP) is 3.24. The lowest BCUT2D eigenvalue weighted by molar-refractivity contribution is -0.125. The van der Waals surface area contributed by atoms with Crippen molar-refractivity contribution >= 4 is 12.0 Å². The highest BCUT2D eigenvalue weighted by molar-refractivity contribution is 5.91. The maximum Gasteiger partial charge on any atom is 0.246 e. The fourth-order valence-electron chi connectivity index (χ4n) is 3.88. The third kappa shape index (κ3) is 4.85. The first kappa shape index (κ1) is 19.2. The summed E-state index contributed by atoms with van der Waals surface area (Å²) >= 11 is 0. The Bertz CT molecular complexity index is 944. The van der Waals surface area contributed by atoms with Crippen molar-refractivity contribution in [2.45, 2.75) is 19.4 Å². The molecule has 5 heteroatoms. The summed E-state index contributed by atoms with van der Waals surface area (Å²) in [5.74, 6) is 1.03. The van der Waals surface area contributed by atoms with Crippen LogP contribution in [0, 0.1) is 11.3 Å². The minimum absolute atomic E-state index is 0.0713. The van der Waals surface area contributed by atoms with Crippen LogP contribution < -0.4 is 4.74 Å². The SMILES string of the molecule is N#Cc1ccc(CN2CCCN(C(=O)/C=C/c3ccc4c(c3)CCO4)CC2)cc1. The molecule has 5 nitrogen and oxygen atoms in total. The van der Waals surface area contributed by atoms with Gasteiger partial charge in [-0.2, -0.15) is 5.26 Å². The first-order chi connectivity index (χ1) is 14.2. The van der Waals surface area contributed by atoms with E-state index in [2.05, 4.69) is 17.0 Å². The average molecular weight is 387 g/mol. The molecule has 4 rings (SSSR count). The van der Waals surface area contributed by atoms with Gasteiger partial charge in [-0.3, -0.25) is 9.69 Å². The van der Waals surface area contributed by atoms with Crippen LogP contribution in [0.3, 0.4) is 0 Å². The van der Waals surface area contributed by atoms with E-state index in [1.165, 1.54) is 11.1 Å².